The first kappa shape index (κ1) is 15.5. The van der Waals surface area contributed by atoms with E-state index in [0.717, 1.165) is 30.5 Å². The van der Waals surface area contributed by atoms with Crippen LogP contribution in [0.4, 0.5) is 10.1 Å². The molecule has 112 valence electrons. The summed E-state index contributed by atoms with van der Waals surface area (Å²) in [6.45, 7) is 0. The lowest BCUT2D eigenvalue weighted by atomic mass is 10.3. The summed E-state index contributed by atoms with van der Waals surface area (Å²) in [5.41, 5.74) is 0.113. The van der Waals surface area contributed by atoms with E-state index in [0.29, 0.717) is 0 Å². The van der Waals surface area contributed by atoms with Crippen LogP contribution in [0.2, 0.25) is 0 Å². The van der Waals surface area contributed by atoms with E-state index in [1.54, 1.807) is 0 Å². The van der Waals surface area contributed by atoms with Crippen molar-refractivity contribution < 1.29 is 21.2 Å². The summed E-state index contributed by atoms with van der Waals surface area (Å²) in [7, 11) is -7.34. The van der Waals surface area contributed by atoms with Crippen LogP contribution in [-0.2, 0) is 19.9 Å². The number of rotatable bonds is 4. The first-order valence-corrected chi connectivity index (χ1v) is 9.14. The average Bonchev–Trinajstić information content (AvgIpc) is 2.38. The zero-order valence-corrected chi connectivity index (χ0v) is 12.6. The Labute approximate surface area is 122 Å². The van der Waals surface area contributed by atoms with Gasteiger partial charge in [0.05, 0.1) is 15.5 Å². The highest BCUT2D eigenvalue weighted by Gasteiger charge is 2.15. The van der Waals surface area contributed by atoms with Crippen LogP contribution in [-0.4, -0.2) is 23.1 Å². The third kappa shape index (κ3) is 3.79. The van der Waals surface area contributed by atoms with E-state index >= 15 is 0 Å². The van der Waals surface area contributed by atoms with Crippen molar-refractivity contribution in [2.45, 2.75) is 9.79 Å². The Morgan fingerprint density at radius 2 is 1.52 bits per heavy atom. The molecule has 0 saturated carbocycles. The molecule has 0 bridgehead atoms. The molecule has 1 N–H and O–H groups in total. The molecule has 21 heavy (non-hydrogen) atoms. The molecule has 0 aliphatic heterocycles. The minimum absolute atomic E-state index is 0.00167. The van der Waals surface area contributed by atoms with Gasteiger partial charge in [-0.3, -0.25) is 4.72 Å². The van der Waals surface area contributed by atoms with Gasteiger partial charge in [0.1, 0.15) is 5.82 Å². The van der Waals surface area contributed by atoms with Gasteiger partial charge in [0.25, 0.3) is 10.0 Å². The van der Waals surface area contributed by atoms with Crippen LogP contribution in [0.5, 0.6) is 0 Å². The summed E-state index contributed by atoms with van der Waals surface area (Å²) < 4.78 is 62.1. The maximum atomic E-state index is 12.8. The van der Waals surface area contributed by atoms with Gasteiger partial charge in [-0.05, 0) is 42.5 Å². The van der Waals surface area contributed by atoms with E-state index in [-0.39, 0.29) is 15.5 Å². The zero-order chi connectivity index (χ0) is 15.7. The van der Waals surface area contributed by atoms with Gasteiger partial charge in [-0.2, -0.15) is 0 Å². The number of halogens is 1. The summed E-state index contributed by atoms with van der Waals surface area (Å²) in [4.78, 5) is -0.115. The molecule has 0 radical (unpaired) electrons. The molecule has 5 nitrogen and oxygen atoms in total. The summed E-state index contributed by atoms with van der Waals surface area (Å²) >= 11 is 0. The summed E-state index contributed by atoms with van der Waals surface area (Å²) in [6.07, 6.45) is 1.03. The Bertz CT molecular complexity index is 859. The van der Waals surface area contributed by atoms with E-state index in [1.807, 2.05) is 0 Å². The van der Waals surface area contributed by atoms with Gasteiger partial charge < -0.3 is 0 Å². The summed E-state index contributed by atoms with van der Waals surface area (Å²) in [5, 5.41) is 0. The number of sulfone groups is 1. The van der Waals surface area contributed by atoms with Gasteiger partial charge in [0.15, 0.2) is 9.84 Å². The highest BCUT2D eigenvalue weighted by atomic mass is 32.2. The van der Waals surface area contributed by atoms with Crippen molar-refractivity contribution in [1.82, 2.24) is 0 Å². The molecule has 0 aliphatic carbocycles. The summed E-state index contributed by atoms with van der Waals surface area (Å²) in [5.74, 6) is -0.548. The van der Waals surface area contributed by atoms with Gasteiger partial charge in [-0.15, -0.1) is 0 Å². The molecule has 2 aromatic rings. The van der Waals surface area contributed by atoms with Gasteiger partial charge in [-0.25, -0.2) is 21.2 Å². The molecule has 2 rings (SSSR count). The van der Waals surface area contributed by atoms with Crippen LogP contribution in [0, 0.1) is 5.82 Å². The molecular weight excluding hydrogens is 317 g/mol. The van der Waals surface area contributed by atoms with Crippen LogP contribution >= 0.6 is 0 Å². The Hall–Kier alpha value is -1.93. The topological polar surface area (TPSA) is 80.3 Å². The van der Waals surface area contributed by atoms with Crippen LogP contribution < -0.4 is 4.72 Å². The number of anilines is 1. The molecule has 0 saturated heterocycles. The van der Waals surface area contributed by atoms with E-state index in [9.17, 15) is 21.2 Å². The van der Waals surface area contributed by atoms with Gasteiger partial charge in [0, 0.05) is 6.26 Å². The van der Waals surface area contributed by atoms with E-state index in [4.69, 9.17) is 0 Å². The zero-order valence-electron chi connectivity index (χ0n) is 10.9. The van der Waals surface area contributed by atoms with E-state index < -0.39 is 25.7 Å². The monoisotopic (exact) mass is 329 g/mol. The van der Waals surface area contributed by atoms with Gasteiger partial charge in [-0.1, -0.05) is 6.07 Å². The minimum atomic E-state index is -3.90. The molecule has 0 aromatic heterocycles. The fourth-order valence-electron chi connectivity index (χ4n) is 1.62. The Morgan fingerprint density at radius 1 is 0.905 bits per heavy atom. The Kier molecular flexibility index (Phi) is 4.02. The van der Waals surface area contributed by atoms with Crippen LogP contribution in [0.25, 0.3) is 0 Å². The van der Waals surface area contributed by atoms with Gasteiger partial charge in [0.2, 0.25) is 0 Å². The van der Waals surface area contributed by atoms with Crippen LogP contribution in [0.3, 0.4) is 0 Å². The quantitative estimate of drug-likeness (QED) is 0.931. The Balaban J connectivity index is 2.35. The molecule has 2 aromatic carbocycles. The number of hydrogen-bond donors (Lipinski definition) is 1. The molecule has 0 heterocycles. The summed E-state index contributed by atoms with van der Waals surface area (Å²) in [6, 6.07) is 9.75. The van der Waals surface area contributed by atoms with Crippen LogP contribution in [0.1, 0.15) is 0 Å². The molecule has 0 amide bonds. The maximum absolute atomic E-state index is 12.8. The lowest BCUT2D eigenvalue weighted by molar-refractivity contribution is 0.598. The minimum Gasteiger partial charge on any atom is -0.280 e. The van der Waals surface area contributed by atoms with Crippen molar-refractivity contribution in [1.29, 1.82) is 0 Å². The highest BCUT2D eigenvalue weighted by molar-refractivity contribution is 7.92. The smallest absolute Gasteiger partial charge is 0.261 e. The average molecular weight is 329 g/mol. The molecule has 0 spiro atoms. The number of nitrogens with one attached hydrogen (secondary N) is 1. The van der Waals surface area contributed by atoms with Crippen molar-refractivity contribution in [2.75, 3.05) is 11.0 Å². The normalized spacial score (nSPS) is 12.1. The van der Waals surface area contributed by atoms with Crippen LogP contribution in [0.15, 0.2) is 58.3 Å². The molecule has 0 fully saturated rings. The third-order valence-corrected chi connectivity index (χ3v) is 5.15. The third-order valence-electron chi connectivity index (χ3n) is 2.64. The molecule has 8 heteroatoms. The fraction of sp³-hybridized carbons (Fsp3) is 0.0769. The number of benzene rings is 2. The molecular formula is C13H12FNO4S2. The predicted octanol–water partition coefficient (Wildman–Crippen LogP) is 2.03. The lowest BCUT2D eigenvalue weighted by Crippen LogP contribution is -2.13. The number of sulfonamides is 1. The lowest BCUT2D eigenvalue weighted by Gasteiger charge is -2.09. The van der Waals surface area contributed by atoms with Crippen molar-refractivity contribution in [3.05, 3.63) is 54.3 Å². The number of hydrogen-bond acceptors (Lipinski definition) is 4. The highest BCUT2D eigenvalue weighted by Crippen LogP contribution is 2.19. The predicted molar refractivity (Wildman–Crippen MR) is 76.8 cm³/mol. The maximum Gasteiger partial charge on any atom is 0.261 e. The van der Waals surface area contributed by atoms with Crippen molar-refractivity contribution in [3.8, 4) is 0 Å². The SMILES string of the molecule is CS(=O)(=O)c1cccc(NS(=O)(=O)c2ccc(F)cc2)c1. The van der Waals surface area contributed by atoms with Crippen molar-refractivity contribution >= 4 is 25.5 Å². The molecule has 0 atom stereocenters. The van der Waals surface area contributed by atoms with Crippen molar-refractivity contribution in [2.24, 2.45) is 0 Å². The molecule has 0 unspecified atom stereocenters. The fourth-order valence-corrected chi connectivity index (χ4v) is 3.33. The van der Waals surface area contributed by atoms with E-state index in [1.165, 1.54) is 24.3 Å². The first-order chi connectivity index (χ1) is 9.68. The second-order valence-electron chi connectivity index (χ2n) is 4.36. The second-order valence-corrected chi connectivity index (χ2v) is 8.06. The second kappa shape index (κ2) is 5.45. The van der Waals surface area contributed by atoms with Crippen molar-refractivity contribution in [3.63, 3.8) is 0 Å². The standard InChI is InChI=1S/C13H12FNO4S2/c1-20(16,17)13-4-2-3-11(9-13)15-21(18,19)12-7-5-10(14)6-8-12/h2-9,15H,1H3. The molecule has 0 aliphatic rings. The first-order valence-electron chi connectivity index (χ1n) is 5.77. The van der Waals surface area contributed by atoms with Gasteiger partial charge >= 0.3 is 0 Å². The largest absolute Gasteiger partial charge is 0.280 e. The van der Waals surface area contributed by atoms with E-state index in [2.05, 4.69) is 4.72 Å². The Morgan fingerprint density at radius 3 is 2.10 bits per heavy atom.